The van der Waals surface area contributed by atoms with Gasteiger partial charge in [-0.15, -0.1) is 15.3 Å². The third-order valence-corrected chi connectivity index (χ3v) is 5.96. The molecule has 33 heavy (non-hydrogen) atoms. The second-order valence-corrected chi connectivity index (χ2v) is 8.06. The molecule has 4 heterocycles. The second-order valence-electron chi connectivity index (χ2n) is 7.08. The van der Waals surface area contributed by atoms with Crippen LogP contribution in [0.3, 0.4) is 0 Å². The Kier molecular flexibility index (Phi) is 5.53. The van der Waals surface area contributed by atoms with Crippen LogP contribution in [0.4, 0.5) is 4.39 Å². The van der Waals surface area contributed by atoms with Crippen LogP contribution < -0.4 is 10.1 Å². The van der Waals surface area contributed by atoms with Crippen LogP contribution in [0.25, 0.3) is 22.2 Å². The molecule has 9 nitrogen and oxygen atoms in total. The summed E-state index contributed by atoms with van der Waals surface area (Å²) in [4.78, 5) is 17.6. The number of thiazole rings is 1. The summed E-state index contributed by atoms with van der Waals surface area (Å²) in [5.41, 5.74) is 1.89. The number of carbonyl (C=O) groups is 1. The van der Waals surface area contributed by atoms with Crippen LogP contribution in [0.2, 0.25) is 0 Å². The highest BCUT2D eigenvalue weighted by Gasteiger charge is 2.16. The lowest BCUT2D eigenvalue weighted by molar-refractivity contribution is 0.0949. The van der Waals surface area contributed by atoms with E-state index in [2.05, 4.69) is 25.6 Å². The molecule has 0 spiro atoms. The van der Waals surface area contributed by atoms with Crippen LogP contribution in [-0.2, 0) is 0 Å². The van der Waals surface area contributed by atoms with E-state index in [1.807, 2.05) is 36.0 Å². The largest absolute Gasteiger partial charge is 0.475 e. The molecule has 4 aromatic heterocycles. The van der Waals surface area contributed by atoms with Crippen molar-refractivity contribution >= 4 is 22.9 Å². The Hall–Kier alpha value is -4.12. The lowest BCUT2D eigenvalue weighted by Crippen LogP contribution is -2.28. The number of rotatable bonds is 7. The van der Waals surface area contributed by atoms with Gasteiger partial charge in [0.05, 0.1) is 12.2 Å². The molecule has 0 fully saturated rings. The van der Waals surface area contributed by atoms with Gasteiger partial charge in [0.25, 0.3) is 5.91 Å². The molecule has 0 bridgehead atoms. The topological polar surface area (TPSA) is 99.2 Å². The van der Waals surface area contributed by atoms with Crippen molar-refractivity contribution < 1.29 is 13.9 Å². The Labute approximate surface area is 191 Å². The van der Waals surface area contributed by atoms with Gasteiger partial charge < -0.3 is 14.6 Å². The third-order valence-electron chi connectivity index (χ3n) is 4.80. The van der Waals surface area contributed by atoms with Gasteiger partial charge in [-0.25, -0.2) is 9.37 Å². The zero-order valence-electron chi connectivity index (χ0n) is 17.5. The molecule has 1 N–H and O–H groups in total. The Morgan fingerprint density at radius 1 is 1.12 bits per heavy atom. The maximum Gasteiger partial charge on any atom is 0.263 e. The summed E-state index contributed by atoms with van der Waals surface area (Å²) in [7, 11) is 0. The zero-order valence-corrected chi connectivity index (χ0v) is 18.3. The summed E-state index contributed by atoms with van der Waals surface area (Å²) in [6, 6.07) is 13.1. The highest BCUT2D eigenvalue weighted by molar-refractivity contribution is 7.16. The quantitative estimate of drug-likeness (QED) is 0.372. The van der Waals surface area contributed by atoms with Crippen LogP contribution in [0.5, 0.6) is 5.88 Å². The van der Waals surface area contributed by atoms with E-state index < -0.39 is 0 Å². The van der Waals surface area contributed by atoms with E-state index in [9.17, 15) is 9.18 Å². The van der Waals surface area contributed by atoms with Gasteiger partial charge >= 0.3 is 0 Å². The summed E-state index contributed by atoms with van der Waals surface area (Å²) in [6.07, 6.45) is 3.77. The SMILES string of the molecule is Cc1nc(-n2cccc2)sc1C(=O)NCCOc1ccc2nnc(-c3ccc(F)cc3)n2n1. The number of aromatic nitrogens is 6. The number of nitrogens with zero attached hydrogens (tertiary/aromatic N) is 6. The molecule has 0 radical (unpaired) electrons. The van der Waals surface area contributed by atoms with E-state index in [0.29, 0.717) is 40.0 Å². The Bertz CT molecular complexity index is 1410. The fourth-order valence-corrected chi connectivity index (χ4v) is 4.14. The molecule has 0 aliphatic heterocycles. The number of ether oxygens (including phenoxy) is 1. The summed E-state index contributed by atoms with van der Waals surface area (Å²) >= 11 is 1.33. The number of hydrogen-bond acceptors (Lipinski definition) is 7. The van der Waals surface area contributed by atoms with Crippen LogP contribution in [0.15, 0.2) is 60.9 Å². The monoisotopic (exact) mass is 463 g/mol. The first kappa shape index (κ1) is 20.8. The number of benzene rings is 1. The second kappa shape index (κ2) is 8.79. The Morgan fingerprint density at radius 3 is 2.70 bits per heavy atom. The molecule has 1 aromatic carbocycles. The predicted octanol–water partition coefficient (Wildman–Crippen LogP) is 3.29. The van der Waals surface area contributed by atoms with Gasteiger partial charge in [0.2, 0.25) is 5.88 Å². The minimum Gasteiger partial charge on any atom is -0.475 e. The minimum absolute atomic E-state index is 0.201. The molecule has 5 aromatic rings. The van der Waals surface area contributed by atoms with E-state index in [4.69, 9.17) is 4.74 Å². The molecule has 166 valence electrons. The van der Waals surface area contributed by atoms with E-state index in [0.717, 1.165) is 5.13 Å². The van der Waals surface area contributed by atoms with Crippen molar-refractivity contribution in [3.8, 4) is 22.4 Å². The van der Waals surface area contributed by atoms with Crippen LogP contribution in [0.1, 0.15) is 15.4 Å². The average Bonchev–Trinajstić information content (AvgIpc) is 3.56. The van der Waals surface area contributed by atoms with Crippen molar-refractivity contribution in [2.24, 2.45) is 0 Å². The van der Waals surface area contributed by atoms with Crippen molar-refractivity contribution in [1.82, 2.24) is 34.7 Å². The smallest absolute Gasteiger partial charge is 0.263 e. The predicted molar refractivity (Wildman–Crippen MR) is 120 cm³/mol. The first-order valence-corrected chi connectivity index (χ1v) is 10.9. The number of halogens is 1. The third kappa shape index (κ3) is 4.30. The lowest BCUT2D eigenvalue weighted by atomic mass is 10.2. The lowest BCUT2D eigenvalue weighted by Gasteiger charge is -2.07. The molecule has 11 heteroatoms. The number of hydrogen-bond donors (Lipinski definition) is 1. The molecular weight excluding hydrogens is 445 g/mol. The maximum absolute atomic E-state index is 13.2. The van der Waals surface area contributed by atoms with Gasteiger partial charge in [0.15, 0.2) is 16.6 Å². The Balaban J connectivity index is 1.21. The fraction of sp³-hybridized carbons (Fsp3) is 0.136. The zero-order chi connectivity index (χ0) is 22.8. The molecule has 0 saturated carbocycles. The molecule has 0 aliphatic rings. The first-order valence-electron chi connectivity index (χ1n) is 10.1. The van der Waals surface area contributed by atoms with Gasteiger partial charge in [-0.1, -0.05) is 11.3 Å². The molecule has 0 saturated heterocycles. The van der Waals surface area contributed by atoms with Crippen molar-refractivity contribution in [3.05, 3.63) is 77.3 Å². The van der Waals surface area contributed by atoms with E-state index in [-0.39, 0.29) is 18.3 Å². The van der Waals surface area contributed by atoms with Crippen molar-refractivity contribution in [2.45, 2.75) is 6.92 Å². The highest BCUT2D eigenvalue weighted by atomic mass is 32.1. The molecule has 0 aliphatic carbocycles. The van der Waals surface area contributed by atoms with E-state index in [1.54, 1.807) is 24.3 Å². The number of fused-ring (bicyclic) bond motifs is 1. The number of aryl methyl sites for hydroxylation is 1. The van der Waals surface area contributed by atoms with E-state index >= 15 is 0 Å². The van der Waals surface area contributed by atoms with Gasteiger partial charge in [-0.05, 0) is 49.4 Å². The van der Waals surface area contributed by atoms with Gasteiger partial charge in [0.1, 0.15) is 17.3 Å². The molecule has 0 atom stereocenters. The summed E-state index contributed by atoms with van der Waals surface area (Å²) in [5.74, 6) is 0.292. The number of amides is 1. The highest BCUT2D eigenvalue weighted by Crippen LogP contribution is 2.22. The van der Waals surface area contributed by atoms with Crippen molar-refractivity contribution in [3.63, 3.8) is 0 Å². The van der Waals surface area contributed by atoms with Crippen molar-refractivity contribution in [2.75, 3.05) is 13.2 Å². The molecule has 0 unspecified atom stereocenters. The number of carbonyl (C=O) groups excluding carboxylic acids is 1. The van der Waals surface area contributed by atoms with Gasteiger partial charge in [-0.2, -0.15) is 4.52 Å². The normalized spacial score (nSPS) is 11.1. The van der Waals surface area contributed by atoms with Gasteiger partial charge in [0, 0.05) is 24.0 Å². The van der Waals surface area contributed by atoms with Crippen LogP contribution in [0, 0.1) is 12.7 Å². The minimum atomic E-state index is -0.332. The number of nitrogens with one attached hydrogen (secondary N) is 1. The molecule has 5 rings (SSSR count). The average molecular weight is 463 g/mol. The fourth-order valence-electron chi connectivity index (χ4n) is 3.19. The standard InChI is InChI=1S/C22H18FN7O2S/c1-14-19(33-22(25-14)29-11-2-3-12-29)21(31)24-10-13-32-18-9-8-17-26-27-20(30(17)28-18)15-4-6-16(23)7-5-15/h2-9,11-12H,10,13H2,1H3,(H,24,31). The van der Waals surface area contributed by atoms with Crippen molar-refractivity contribution in [1.29, 1.82) is 0 Å². The van der Waals surface area contributed by atoms with Gasteiger partial charge in [-0.3, -0.25) is 4.79 Å². The summed E-state index contributed by atoms with van der Waals surface area (Å²) in [6.45, 7) is 2.33. The van der Waals surface area contributed by atoms with E-state index in [1.165, 1.54) is 28.0 Å². The maximum atomic E-state index is 13.2. The molecular formula is C22H18FN7O2S. The van der Waals surface area contributed by atoms with Crippen LogP contribution >= 0.6 is 11.3 Å². The van der Waals surface area contributed by atoms with Crippen LogP contribution in [-0.4, -0.2) is 48.4 Å². The first-order chi connectivity index (χ1) is 16.1. The Morgan fingerprint density at radius 2 is 1.91 bits per heavy atom. The summed E-state index contributed by atoms with van der Waals surface area (Å²) in [5, 5.41) is 16.2. The summed E-state index contributed by atoms with van der Waals surface area (Å²) < 4.78 is 22.3. The molecule has 1 amide bonds.